The van der Waals surface area contributed by atoms with E-state index >= 15 is 0 Å². The fraction of sp³-hybridized carbons (Fsp3) is 0.176. The van der Waals surface area contributed by atoms with Crippen LogP contribution < -0.4 is 5.32 Å². The molecular weight excluding hydrogens is 322 g/mol. The molecule has 0 unspecified atom stereocenters. The van der Waals surface area contributed by atoms with E-state index in [9.17, 15) is 4.79 Å². The minimum atomic E-state index is -0.0525. The van der Waals surface area contributed by atoms with Crippen molar-refractivity contribution >= 4 is 23.4 Å². The maximum Gasteiger partial charge on any atom is 0.228 e. The average molecular weight is 339 g/mol. The molecule has 3 aromatic rings. The molecule has 24 heavy (non-hydrogen) atoms. The number of carbonyl (C=O) groups excluding carboxylic acids is 1. The lowest BCUT2D eigenvalue weighted by Crippen LogP contribution is -2.15. The quantitative estimate of drug-likeness (QED) is 0.724. The molecule has 0 radical (unpaired) electrons. The number of carbonyl (C=O) groups is 1. The highest BCUT2D eigenvalue weighted by molar-refractivity contribution is 7.98. The Kier molecular flexibility index (Phi) is 4.90. The molecule has 1 aromatic heterocycles. The summed E-state index contributed by atoms with van der Waals surface area (Å²) >= 11 is 1.46. The first-order chi connectivity index (χ1) is 11.7. The van der Waals surface area contributed by atoms with Crippen LogP contribution in [0, 0.1) is 6.92 Å². The van der Waals surface area contributed by atoms with Gasteiger partial charge in [-0.2, -0.15) is 4.68 Å². The Morgan fingerprint density at radius 1 is 1.21 bits per heavy atom. The number of nitrogens with zero attached hydrogens (tertiary/aromatic N) is 4. The second kappa shape index (κ2) is 7.27. The molecule has 0 saturated heterocycles. The van der Waals surface area contributed by atoms with Crippen molar-refractivity contribution in [1.82, 2.24) is 20.2 Å². The van der Waals surface area contributed by atoms with Crippen molar-refractivity contribution in [2.24, 2.45) is 0 Å². The number of thioether (sulfide) groups is 1. The summed E-state index contributed by atoms with van der Waals surface area (Å²) in [5, 5.41) is 15.2. The van der Waals surface area contributed by atoms with Gasteiger partial charge in [0.1, 0.15) is 0 Å². The molecule has 7 heteroatoms. The number of hydrogen-bond acceptors (Lipinski definition) is 5. The van der Waals surface area contributed by atoms with E-state index in [0.29, 0.717) is 17.3 Å². The number of aromatic nitrogens is 4. The summed E-state index contributed by atoms with van der Waals surface area (Å²) in [5.41, 5.74) is 3.66. The fourth-order valence-corrected chi connectivity index (χ4v) is 2.80. The van der Waals surface area contributed by atoms with Gasteiger partial charge in [0.25, 0.3) is 0 Å². The molecule has 122 valence electrons. The number of hydrogen-bond donors (Lipinski definition) is 1. The van der Waals surface area contributed by atoms with Crippen molar-refractivity contribution in [3.05, 3.63) is 59.7 Å². The van der Waals surface area contributed by atoms with Gasteiger partial charge in [0.15, 0.2) is 0 Å². The van der Waals surface area contributed by atoms with Gasteiger partial charge in [0.2, 0.25) is 11.1 Å². The summed E-state index contributed by atoms with van der Waals surface area (Å²) in [7, 11) is 0. The Balaban J connectivity index is 1.75. The van der Waals surface area contributed by atoms with Crippen LogP contribution in [0.25, 0.3) is 5.69 Å². The minimum Gasteiger partial charge on any atom is -0.326 e. The maximum atomic E-state index is 12.3. The molecule has 0 spiro atoms. The largest absolute Gasteiger partial charge is 0.326 e. The van der Waals surface area contributed by atoms with Gasteiger partial charge in [0.05, 0.1) is 12.1 Å². The van der Waals surface area contributed by atoms with Crippen molar-refractivity contribution in [3.63, 3.8) is 0 Å². The van der Waals surface area contributed by atoms with Crippen LogP contribution in [-0.4, -0.2) is 32.4 Å². The molecule has 0 aliphatic rings. The number of tetrazole rings is 1. The van der Waals surface area contributed by atoms with E-state index in [4.69, 9.17) is 0 Å². The normalized spacial score (nSPS) is 10.6. The zero-order valence-electron chi connectivity index (χ0n) is 13.4. The van der Waals surface area contributed by atoms with E-state index in [2.05, 4.69) is 20.8 Å². The SMILES string of the molecule is CSc1nnnn1-c1cccc(NC(=O)Cc2ccccc2C)c1. The van der Waals surface area contributed by atoms with Crippen molar-refractivity contribution in [1.29, 1.82) is 0 Å². The highest BCUT2D eigenvalue weighted by Crippen LogP contribution is 2.19. The van der Waals surface area contributed by atoms with Crippen LogP contribution in [-0.2, 0) is 11.2 Å². The number of anilines is 1. The van der Waals surface area contributed by atoms with E-state index in [1.54, 1.807) is 4.68 Å². The van der Waals surface area contributed by atoms with Crippen LogP contribution in [0.1, 0.15) is 11.1 Å². The van der Waals surface area contributed by atoms with Gasteiger partial charge in [-0.3, -0.25) is 4.79 Å². The van der Waals surface area contributed by atoms with Crippen LogP contribution in [0.4, 0.5) is 5.69 Å². The molecule has 0 atom stereocenters. The Morgan fingerprint density at radius 3 is 2.83 bits per heavy atom. The van der Waals surface area contributed by atoms with Gasteiger partial charge in [-0.1, -0.05) is 42.1 Å². The van der Waals surface area contributed by atoms with Crippen LogP contribution in [0.5, 0.6) is 0 Å². The van der Waals surface area contributed by atoms with E-state index < -0.39 is 0 Å². The molecule has 2 aromatic carbocycles. The predicted molar refractivity (Wildman–Crippen MR) is 94.4 cm³/mol. The monoisotopic (exact) mass is 339 g/mol. The first kappa shape index (κ1) is 16.2. The third kappa shape index (κ3) is 3.62. The number of amides is 1. The molecule has 0 saturated carbocycles. The number of benzene rings is 2. The fourth-order valence-electron chi connectivity index (χ4n) is 2.37. The van der Waals surface area contributed by atoms with Gasteiger partial charge in [-0.25, -0.2) is 0 Å². The Labute approximate surface area is 144 Å². The molecule has 3 rings (SSSR count). The van der Waals surface area contributed by atoms with Crippen LogP contribution in [0.15, 0.2) is 53.7 Å². The molecule has 0 aliphatic heterocycles. The third-order valence-corrected chi connectivity index (χ3v) is 4.23. The zero-order valence-corrected chi connectivity index (χ0v) is 14.2. The summed E-state index contributed by atoms with van der Waals surface area (Å²) in [5.74, 6) is -0.0525. The van der Waals surface area contributed by atoms with E-state index in [1.807, 2.05) is 61.7 Å². The predicted octanol–water partition coefficient (Wildman–Crippen LogP) is 2.87. The van der Waals surface area contributed by atoms with Gasteiger partial charge < -0.3 is 5.32 Å². The molecule has 1 heterocycles. The van der Waals surface area contributed by atoms with Crippen LogP contribution >= 0.6 is 11.8 Å². The highest BCUT2D eigenvalue weighted by atomic mass is 32.2. The van der Waals surface area contributed by atoms with Crippen molar-refractivity contribution in [2.45, 2.75) is 18.5 Å². The second-order valence-electron chi connectivity index (χ2n) is 5.28. The summed E-state index contributed by atoms with van der Waals surface area (Å²) in [6, 6.07) is 15.3. The maximum absolute atomic E-state index is 12.3. The third-order valence-electron chi connectivity index (χ3n) is 3.61. The van der Waals surface area contributed by atoms with Gasteiger partial charge >= 0.3 is 0 Å². The highest BCUT2D eigenvalue weighted by Gasteiger charge is 2.09. The van der Waals surface area contributed by atoms with Gasteiger partial charge in [-0.05, 0) is 52.9 Å². The summed E-state index contributed by atoms with van der Waals surface area (Å²) < 4.78 is 1.64. The number of nitrogens with one attached hydrogen (secondary N) is 1. The van der Waals surface area contributed by atoms with E-state index in [0.717, 1.165) is 16.8 Å². The van der Waals surface area contributed by atoms with Crippen LogP contribution in [0.3, 0.4) is 0 Å². The smallest absolute Gasteiger partial charge is 0.228 e. The molecular formula is C17H17N5OS. The topological polar surface area (TPSA) is 72.7 Å². The Hall–Kier alpha value is -2.67. The minimum absolute atomic E-state index is 0.0525. The van der Waals surface area contributed by atoms with E-state index in [-0.39, 0.29) is 5.91 Å². The lowest BCUT2D eigenvalue weighted by atomic mass is 10.1. The lowest BCUT2D eigenvalue weighted by molar-refractivity contribution is -0.115. The van der Waals surface area contributed by atoms with E-state index in [1.165, 1.54) is 11.8 Å². The number of aryl methyl sites for hydroxylation is 1. The molecule has 1 N–H and O–H groups in total. The van der Waals surface area contributed by atoms with Crippen molar-refractivity contribution < 1.29 is 4.79 Å². The number of rotatable bonds is 5. The van der Waals surface area contributed by atoms with Crippen molar-refractivity contribution in [2.75, 3.05) is 11.6 Å². The molecule has 0 aliphatic carbocycles. The molecule has 0 bridgehead atoms. The average Bonchev–Trinajstić information content (AvgIpc) is 3.06. The zero-order chi connectivity index (χ0) is 16.9. The van der Waals surface area contributed by atoms with Crippen LogP contribution in [0.2, 0.25) is 0 Å². The van der Waals surface area contributed by atoms with Gasteiger partial charge in [-0.15, -0.1) is 5.10 Å². The van der Waals surface area contributed by atoms with Crippen molar-refractivity contribution in [3.8, 4) is 5.69 Å². The second-order valence-corrected chi connectivity index (χ2v) is 6.05. The summed E-state index contributed by atoms with van der Waals surface area (Å²) in [4.78, 5) is 12.3. The molecule has 0 fully saturated rings. The molecule has 1 amide bonds. The Bertz CT molecular complexity index is 861. The standard InChI is InChI=1S/C17H17N5OS/c1-12-6-3-4-7-13(12)10-16(23)18-14-8-5-9-15(11-14)22-17(24-2)19-20-21-22/h3-9,11H,10H2,1-2H3,(H,18,23). The summed E-state index contributed by atoms with van der Waals surface area (Å²) in [6.07, 6.45) is 2.26. The first-order valence-corrected chi connectivity index (χ1v) is 8.67. The lowest BCUT2D eigenvalue weighted by Gasteiger charge is -2.09. The summed E-state index contributed by atoms with van der Waals surface area (Å²) in [6.45, 7) is 2.00. The first-order valence-electron chi connectivity index (χ1n) is 7.44. The van der Waals surface area contributed by atoms with Gasteiger partial charge in [0, 0.05) is 5.69 Å². The Morgan fingerprint density at radius 2 is 2.04 bits per heavy atom. The molecule has 6 nitrogen and oxygen atoms in total.